The van der Waals surface area contributed by atoms with E-state index < -0.39 is 5.97 Å². The van der Waals surface area contributed by atoms with E-state index in [1.165, 1.54) is 58.0 Å². The highest BCUT2D eigenvalue weighted by molar-refractivity contribution is 5.69. The molecule has 4 nitrogen and oxygen atoms in total. The molecule has 4 heteroatoms. The van der Waals surface area contributed by atoms with Gasteiger partial charge in [0, 0.05) is 25.7 Å². The molecule has 116 valence electrons. The third-order valence-corrected chi connectivity index (χ3v) is 4.92. The molecule has 0 aromatic rings. The van der Waals surface area contributed by atoms with Gasteiger partial charge in [-0.25, -0.2) is 0 Å². The van der Waals surface area contributed by atoms with Gasteiger partial charge in [-0.05, 0) is 38.8 Å². The van der Waals surface area contributed by atoms with Crippen molar-refractivity contribution in [2.75, 3.05) is 32.7 Å². The number of hydrogen-bond acceptors (Lipinski definition) is 3. The maximum atomic E-state index is 11.1. The van der Waals surface area contributed by atoms with Crippen LogP contribution in [-0.2, 0) is 4.79 Å². The van der Waals surface area contributed by atoms with E-state index in [0.29, 0.717) is 12.6 Å². The predicted molar refractivity (Wildman–Crippen MR) is 80.9 cm³/mol. The molecule has 1 heterocycles. The first kappa shape index (κ1) is 15.8. The highest BCUT2D eigenvalue weighted by atomic mass is 16.4. The minimum absolute atomic E-state index is 0.254. The van der Waals surface area contributed by atoms with Crippen molar-refractivity contribution in [1.29, 1.82) is 0 Å². The first-order chi connectivity index (χ1) is 9.66. The van der Waals surface area contributed by atoms with E-state index in [1.807, 2.05) is 6.92 Å². The molecule has 0 spiro atoms. The summed E-state index contributed by atoms with van der Waals surface area (Å²) in [5, 5.41) is 9.17. The van der Waals surface area contributed by atoms with Crippen molar-refractivity contribution in [3.63, 3.8) is 0 Å². The van der Waals surface area contributed by atoms with Gasteiger partial charge in [-0.15, -0.1) is 0 Å². The molecule has 1 unspecified atom stereocenters. The van der Waals surface area contributed by atoms with Crippen LogP contribution in [0.1, 0.15) is 51.9 Å². The van der Waals surface area contributed by atoms with Crippen molar-refractivity contribution >= 4 is 5.97 Å². The zero-order chi connectivity index (χ0) is 14.4. The summed E-state index contributed by atoms with van der Waals surface area (Å²) in [6.45, 7) is 7.17. The van der Waals surface area contributed by atoms with Crippen molar-refractivity contribution in [1.82, 2.24) is 9.80 Å². The standard InChI is InChI=1S/C16H30N2O2/c1-14(16(19)20)13-18(15-7-3-2-4-8-15)12-11-17-9-5-6-10-17/h14-15H,2-13H2,1H3,(H,19,20). The summed E-state index contributed by atoms with van der Waals surface area (Å²) in [5.74, 6) is -0.914. The first-order valence-corrected chi connectivity index (χ1v) is 8.36. The average Bonchev–Trinajstić information content (AvgIpc) is 2.97. The highest BCUT2D eigenvalue weighted by Crippen LogP contribution is 2.23. The average molecular weight is 282 g/mol. The Morgan fingerprint density at radius 2 is 1.85 bits per heavy atom. The van der Waals surface area contributed by atoms with Gasteiger partial charge in [0.1, 0.15) is 0 Å². The number of carboxylic acid groups (broad SMARTS) is 1. The lowest BCUT2D eigenvalue weighted by molar-refractivity contribution is -0.142. The number of rotatable bonds is 7. The van der Waals surface area contributed by atoms with Crippen molar-refractivity contribution in [2.24, 2.45) is 5.92 Å². The van der Waals surface area contributed by atoms with Gasteiger partial charge < -0.3 is 10.0 Å². The predicted octanol–water partition coefficient (Wildman–Crippen LogP) is 2.44. The largest absolute Gasteiger partial charge is 0.481 e. The van der Waals surface area contributed by atoms with Crippen LogP contribution < -0.4 is 0 Å². The minimum Gasteiger partial charge on any atom is -0.481 e. The molecule has 1 N–H and O–H groups in total. The molecule has 1 saturated heterocycles. The van der Waals surface area contributed by atoms with E-state index in [4.69, 9.17) is 0 Å². The minimum atomic E-state index is -0.660. The van der Waals surface area contributed by atoms with E-state index in [0.717, 1.165) is 13.1 Å². The summed E-state index contributed by atoms with van der Waals surface area (Å²) in [4.78, 5) is 16.1. The Kier molecular flexibility index (Phi) is 6.30. The Hall–Kier alpha value is -0.610. The molecular formula is C16H30N2O2. The Balaban J connectivity index is 1.85. The molecule has 20 heavy (non-hydrogen) atoms. The van der Waals surface area contributed by atoms with Crippen molar-refractivity contribution in [3.05, 3.63) is 0 Å². The van der Waals surface area contributed by atoms with Crippen LogP contribution in [0.15, 0.2) is 0 Å². The van der Waals surface area contributed by atoms with Gasteiger partial charge >= 0.3 is 5.97 Å². The van der Waals surface area contributed by atoms with Gasteiger partial charge in [0.05, 0.1) is 5.92 Å². The third-order valence-electron chi connectivity index (χ3n) is 4.92. The molecule has 1 saturated carbocycles. The van der Waals surface area contributed by atoms with Crippen molar-refractivity contribution in [3.8, 4) is 0 Å². The zero-order valence-corrected chi connectivity index (χ0v) is 12.9. The number of carbonyl (C=O) groups is 1. The van der Waals surface area contributed by atoms with Crippen LogP contribution in [0.4, 0.5) is 0 Å². The molecule has 2 rings (SSSR count). The molecule has 0 amide bonds. The molecule has 1 aliphatic heterocycles. The summed E-state index contributed by atoms with van der Waals surface area (Å²) in [6.07, 6.45) is 9.15. The van der Waals surface area contributed by atoms with E-state index in [9.17, 15) is 9.90 Å². The van der Waals surface area contributed by atoms with Gasteiger partial charge in [0.15, 0.2) is 0 Å². The van der Waals surface area contributed by atoms with Gasteiger partial charge in [0.25, 0.3) is 0 Å². The molecule has 0 aromatic carbocycles. The fraction of sp³-hybridized carbons (Fsp3) is 0.938. The number of likely N-dealkylation sites (tertiary alicyclic amines) is 1. The van der Waals surface area contributed by atoms with Crippen LogP contribution in [0.2, 0.25) is 0 Å². The fourth-order valence-corrected chi connectivity index (χ4v) is 3.58. The van der Waals surface area contributed by atoms with Gasteiger partial charge in [0.2, 0.25) is 0 Å². The second-order valence-corrected chi connectivity index (χ2v) is 6.57. The number of carboxylic acids is 1. The van der Waals surface area contributed by atoms with Crippen LogP contribution in [0.5, 0.6) is 0 Å². The first-order valence-electron chi connectivity index (χ1n) is 8.36. The maximum absolute atomic E-state index is 11.1. The summed E-state index contributed by atoms with van der Waals surface area (Å²) in [7, 11) is 0. The summed E-state index contributed by atoms with van der Waals surface area (Å²) in [6, 6.07) is 0.619. The van der Waals surface area contributed by atoms with Gasteiger partial charge in [-0.1, -0.05) is 26.2 Å². The summed E-state index contributed by atoms with van der Waals surface area (Å²) >= 11 is 0. The normalized spacial score (nSPS) is 23.3. The molecular weight excluding hydrogens is 252 g/mol. The Bertz CT molecular complexity index is 297. The monoisotopic (exact) mass is 282 g/mol. The van der Waals surface area contributed by atoms with Crippen LogP contribution >= 0.6 is 0 Å². The van der Waals surface area contributed by atoms with Crippen LogP contribution in [-0.4, -0.2) is 59.6 Å². The topological polar surface area (TPSA) is 43.8 Å². The molecule has 2 aliphatic rings. The molecule has 1 atom stereocenters. The summed E-state index contributed by atoms with van der Waals surface area (Å²) < 4.78 is 0. The quantitative estimate of drug-likeness (QED) is 0.779. The second-order valence-electron chi connectivity index (χ2n) is 6.57. The highest BCUT2D eigenvalue weighted by Gasteiger charge is 2.25. The van der Waals surface area contributed by atoms with Gasteiger partial charge in [-0.3, -0.25) is 9.69 Å². The lowest BCUT2D eigenvalue weighted by Crippen LogP contribution is -2.44. The lowest BCUT2D eigenvalue weighted by atomic mass is 9.93. The Labute approximate surface area is 123 Å². The van der Waals surface area contributed by atoms with Gasteiger partial charge in [-0.2, -0.15) is 0 Å². The second kappa shape index (κ2) is 7.99. The smallest absolute Gasteiger partial charge is 0.307 e. The number of hydrogen-bond donors (Lipinski definition) is 1. The lowest BCUT2D eigenvalue weighted by Gasteiger charge is -2.36. The number of aliphatic carboxylic acids is 1. The van der Waals surface area contributed by atoms with Crippen LogP contribution in [0, 0.1) is 5.92 Å². The van der Waals surface area contributed by atoms with Crippen LogP contribution in [0.25, 0.3) is 0 Å². The van der Waals surface area contributed by atoms with E-state index >= 15 is 0 Å². The van der Waals surface area contributed by atoms with Crippen LogP contribution in [0.3, 0.4) is 0 Å². The van der Waals surface area contributed by atoms with E-state index in [2.05, 4.69) is 9.80 Å². The van der Waals surface area contributed by atoms with Crippen molar-refractivity contribution in [2.45, 2.75) is 57.9 Å². The molecule has 2 fully saturated rings. The Morgan fingerprint density at radius 1 is 1.20 bits per heavy atom. The van der Waals surface area contributed by atoms with E-state index in [1.54, 1.807) is 0 Å². The number of nitrogens with zero attached hydrogens (tertiary/aromatic N) is 2. The molecule has 0 aromatic heterocycles. The van der Waals surface area contributed by atoms with Crippen molar-refractivity contribution < 1.29 is 9.90 Å². The Morgan fingerprint density at radius 3 is 2.45 bits per heavy atom. The summed E-state index contributed by atoms with van der Waals surface area (Å²) in [5.41, 5.74) is 0. The molecule has 0 radical (unpaired) electrons. The molecule has 0 bridgehead atoms. The SMILES string of the molecule is CC(CN(CCN1CCCC1)C1CCCCC1)C(=O)O. The molecule has 1 aliphatic carbocycles. The maximum Gasteiger partial charge on any atom is 0.307 e. The zero-order valence-electron chi connectivity index (χ0n) is 12.9. The fourth-order valence-electron chi connectivity index (χ4n) is 3.58. The van der Waals surface area contributed by atoms with E-state index in [-0.39, 0.29) is 5.92 Å². The third kappa shape index (κ3) is 4.74.